The van der Waals surface area contributed by atoms with Crippen molar-refractivity contribution in [2.45, 2.75) is 244 Å². The molecule has 0 spiro atoms. The van der Waals surface area contributed by atoms with E-state index in [1.807, 2.05) is 0 Å². The van der Waals surface area contributed by atoms with Crippen molar-refractivity contribution in [1.29, 1.82) is 5.41 Å². The number of nitrogens with two attached hydrogens (primary N) is 1. The van der Waals surface area contributed by atoms with Gasteiger partial charge >= 0.3 is 11.9 Å². The van der Waals surface area contributed by atoms with E-state index in [0.29, 0.717) is 16.7 Å². The smallest absolute Gasteiger partial charge is 0.328 e. The molecule has 2 aromatic heterocycles. The first-order valence-corrected chi connectivity index (χ1v) is 43.0. The summed E-state index contributed by atoms with van der Waals surface area (Å²) in [5.74, 6) is -18.7. The lowest BCUT2D eigenvalue weighted by Gasteiger charge is -2.32. The molecular weight excluding hydrogens is 1680 g/mol. The molecule has 1 saturated heterocycles. The summed E-state index contributed by atoms with van der Waals surface area (Å²) in [5.41, 5.74) is 7.41. The molecule has 3 aromatic carbocycles. The number of aromatic amines is 2. The molecule has 0 aliphatic carbocycles. The highest BCUT2D eigenvalue weighted by Crippen LogP contribution is 2.24. The first-order chi connectivity index (χ1) is 61.0. The normalized spacial score (nSPS) is 15.7. The fourth-order valence-electron chi connectivity index (χ4n) is 14.3. The van der Waals surface area contributed by atoms with E-state index in [1.54, 1.807) is 99.6 Å². The topological polar surface area (TPSA) is 653 Å². The van der Waals surface area contributed by atoms with Crippen molar-refractivity contribution in [3.05, 3.63) is 132 Å². The Labute approximate surface area is 747 Å². The van der Waals surface area contributed by atoms with E-state index in [1.165, 1.54) is 78.5 Å². The fourth-order valence-corrected chi connectivity index (χ4v) is 14.3. The molecule has 0 bridgehead atoms. The number of H-pyrrole nitrogens is 2. The molecule has 0 unspecified atom stereocenters. The lowest BCUT2D eigenvalue weighted by atomic mass is 9.96. The minimum Gasteiger partial charge on any atom is -0.508 e. The van der Waals surface area contributed by atoms with Crippen molar-refractivity contribution in [2.24, 2.45) is 35.3 Å². The number of aliphatic hydroxyl groups excluding tert-OH is 1. The van der Waals surface area contributed by atoms with Gasteiger partial charge in [0.25, 0.3) is 0 Å². The highest BCUT2D eigenvalue weighted by atomic mass is 16.4. The van der Waals surface area contributed by atoms with Crippen molar-refractivity contribution < 1.29 is 102 Å². The number of nitrogens with zero attached hydrogens (tertiary/aromatic N) is 3. The van der Waals surface area contributed by atoms with Gasteiger partial charge in [0.1, 0.15) is 96.1 Å². The molecule has 129 heavy (non-hydrogen) atoms. The van der Waals surface area contributed by atoms with Gasteiger partial charge in [-0.3, -0.25) is 77.3 Å². The number of likely N-dealkylation sites (tertiary alicyclic amines) is 1. The number of aromatic nitrogens is 4. The van der Waals surface area contributed by atoms with Gasteiger partial charge in [0.15, 0.2) is 5.96 Å². The molecule has 24 N–H and O–H groups in total. The number of carboxylic acids is 2. The number of aromatic hydroxyl groups is 2. The van der Waals surface area contributed by atoms with Crippen molar-refractivity contribution in [1.82, 2.24) is 99.3 Å². The largest absolute Gasteiger partial charge is 0.508 e. The average molecular weight is 1800 g/mol. The van der Waals surface area contributed by atoms with Crippen LogP contribution in [0.15, 0.2) is 104 Å². The van der Waals surface area contributed by atoms with E-state index in [4.69, 9.17) is 11.1 Å². The molecule has 1 aliphatic rings. The van der Waals surface area contributed by atoms with E-state index in [2.05, 4.69) is 94.4 Å². The fraction of sp³-hybridized carbons (Fsp3) is 0.529. The first-order valence-electron chi connectivity index (χ1n) is 43.0. The van der Waals surface area contributed by atoms with Crippen molar-refractivity contribution in [3.63, 3.8) is 0 Å². The third-order valence-electron chi connectivity index (χ3n) is 21.4. The Morgan fingerprint density at radius 2 is 0.860 bits per heavy atom. The van der Waals surface area contributed by atoms with Crippen LogP contribution in [0.2, 0.25) is 0 Å². The van der Waals surface area contributed by atoms with Crippen molar-refractivity contribution >= 4 is 101 Å². The summed E-state index contributed by atoms with van der Waals surface area (Å²) in [7, 11) is 0. The predicted octanol–water partition coefficient (Wildman–Crippen LogP) is -1.36. The summed E-state index contributed by atoms with van der Waals surface area (Å²) in [6.45, 7) is 16.9. The minimum absolute atomic E-state index is 0.00135. The van der Waals surface area contributed by atoms with Crippen LogP contribution in [0.5, 0.6) is 11.5 Å². The number of phenolic OH excluding ortho intramolecular Hbond substituents is 2. The van der Waals surface area contributed by atoms with Crippen LogP contribution in [0.3, 0.4) is 0 Å². The maximum absolute atomic E-state index is 15.4. The first kappa shape index (κ1) is 104. The number of hydrogen-bond acceptors (Lipinski definition) is 22. The highest BCUT2D eigenvalue weighted by Gasteiger charge is 2.43. The van der Waals surface area contributed by atoms with Crippen LogP contribution in [-0.4, -0.2) is 255 Å². The zero-order chi connectivity index (χ0) is 95.5. The second-order valence-corrected chi connectivity index (χ2v) is 33.6. The molecule has 42 heteroatoms. The summed E-state index contributed by atoms with van der Waals surface area (Å²) in [4.78, 5) is 242. The van der Waals surface area contributed by atoms with Gasteiger partial charge in [-0.25, -0.2) is 14.8 Å². The van der Waals surface area contributed by atoms with E-state index in [-0.39, 0.29) is 125 Å². The van der Waals surface area contributed by atoms with Gasteiger partial charge in [0, 0.05) is 64.5 Å². The SMILES string of the molecule is CC[C@H](C)[C@H](NC(=O)[C@H](Cc1ccc(O)cc1)NC(=O)[C@@H](NC(=O)[C@H](CCCNC(=N)N)NC(=O)[C@H](CC(=O)O)NC(C)=O)C(C)C)C(=O)N[C@@H](Cc1c[nH]cn1)C(=O)N1CCC[C@H]1C(=O)N[C@@H](Cc1ccccc1)C(=O)N[C@H](Cc1c[nH]cn1)C(=O)N[C@@H](CC(C)C)C(=O)N[C@@H](CC(C)C)C(=O)N[C@H](C(=O)N[C@@H](Cc1ccc(O)cc1)C(=O)N[C@@H](CO)C(=O)O)C(C)C. The third-order valence-corrected chi connectivity index (χ3v) is 21.4. The Morgan fingerprint density at radius 3 is 1.29 bits per heavy atom. The molecule has 42 nitrogen and oxygen atoms in total. The van der Waals surface area contributed by atoms with Crippen LogP contribution in [0.25, 0.3) is 0 Å². The number of nitrogens with one attached hydrogen (secondary N) is 17. The lowest BCUT2D eigenvalue weighted by molar-refractivity contribution is -0.143. The van der Waals surface area contributed by atoms with Crippen LogP contribution in [-0.2, 0) is 109 Å². The zero-order valence-corrected chi connectivity index (χ0v) is 74.3. The van der Waals surface area contributed by atoms with Gasteiger partial charge in [-0.1, -0.05) is 130 Å². The number of rotatable bonds is 52. The molecule has 1 aliphatic heterocycles. The minimum atomic E-state index is -1.74. The molecular formula is C87H125N21O21. The van der Waals surface area contributed by atoms with Crippen LogP contribution < -0.4 is 80.2 Å². The van der Waals surface area contributed by atoms with Crippen LogP contribution >= 0.6 is 0 Å². The van der Waals surface area contributed by atoms with Crippen LogP contribution in [0.4, 0.5) is 0 Å². The van der Waals surface area contributed by atoms with E-state index in [0.717, 1.165) is 6.92 Å². The summed E-state index contributed by atoms with van der Waals surface area (Å²) in [6, 6.07) is -0.950. The van der Waals surface area contributed by atoms with Crippen molar-refractivity contribution in [3.8, 4) is 11.5 Å². The van der Waals surface area contributed by atoms with Crippen LogP contribution in [0, 0.1) is 35.0 Å². The summed E-state index contributed by atoms with van der Waals surface area (Å²) in [5, 5.41) is 93.5. The molecule has 6 rings (SSSR count). The average Bonchev–Trinajstić information content (AvgIpc) is 1.65. The Balaban J connectivity index is 1.24. The Kier molecular flexibility index (Phi) is 41.4. The number of benzene rings is 3. The summed E-state index contributed by atoms with van der Waals surface area (Å²) in [6.07, 6.45) is 4.01. The number of aliphatic carboxylic acids is 2. The second kappa shape index (κ2) is 51.3. The molecule has 0 radical (unpaired) electrons. The van der Waals surface area contributed by atoms with E-state index in [9.17, 15) is 73.5 Å². The molecule has 14 amide bonds. The van der Waals surface area contributed by atoms with Gasteiger partial charge in [-0.05, 0) is 109 Å². The molecule has 5 aromatic rings. The quantitative estimate of drug-likeness (QED) is 0.0121. The number of phenols is 2. The number of amides is 14. The van der Waals surface area contributed by atoms with Gasteiger partial charge < -0.3 is 121 Å². The third kappa shape index (κ3) is 34.3. The number of carboxylic acid groups (broad SMARTS) is 2. The summed E-state index contributed by atoms with van der Waals surface area (Å²) < 4.78 is 0. The standard InChI is InChI=1S/C87H125N21O21/c1-12-49(10)72(107-80(122)63(36-53-24-28-57(112)29-25-53)102-82(124)70(47(6)7)105-73(115)58(20-16-30-92-87(88)89)96-78(120)65(39-69(113)114)95-50(11)110)84(126)103-66(38-55-41-91-44-94-55)85(127)108-31-17-21-68(108)81(123)100-61(34-51-18-14-13-15-19-51)75(117)99-64(37-54-40-90-43-93-54)77(119)97-59(32-45(2)3)74(116)98-60(33-46(4)5)79(121)106-71(48(8)9)83(125)101-62(35-52-22-26-56(111)27-23-52)76(118)104-67(42-109)86(128)129/h13-15,18-19,22-29,40-41,43-49,58-68,70-72,109,111-112H,12,16-17,20-21,30-39,42H2,1-11H3,(H,90,93)(H,91,94)(H,95,110)(H,96,120)(H,97,119)(H,98,116)(H,99,117)(H,100,123)(H,101,125)(H,102,124)(H,103,126)(H,104,118)(H,105,115)(H,106,121)(H,107,122)(H,113,114)(H,128,129)(H4,88,89,92)/t49-,58-,59-,60-,61-,62-,63-,64+,65-,66-,67-,68-,70-,71-,72-/m0/s1. The molecule has 15 atom stereocenters. The number of imidazole rings is 2. The van der Waals surface area contributed by atoms with E-state index >= 15 is 28.8 Å². The van der Waals surface area contributed by atoms with Gasteiger partial charge in [0.05, 0.1) is 37.1 Å². The molecule has 1 fully saturated rings. The second-order valence-electron chi connectivity index (χ2n) is 33.6. The monoisotopic (exact) mass is 1800 g/mol. The van der Waals surface area contributed by atoms with Gasteiger partial charge in [0.2, 0.25) is 82.7 Å². The Bertz CT molecular complexity index is 4600. The Hall–Kier alpha value is -13.6. The maximum Gasteiger partial charge on any atom is 0.328 e. The van der Waals surface area contributed by atoms with E-state index < -0.39 is 216 Å². The number of carbonyl (C=O) groups is 16. The van der Waals surface area contributed by atoms with Crippen molar-refractivity contribution in [2.75, 3.05) is 19.7 Å². The lowest BCUT2D eigenvalue weighted by Crippen LogP contribution is -2.62. The number of aliphatic hydroxyl groups is 1. The predicted molar refractivity (Wildman–Crippen MR) is 468 cm³/mol. The Morgan fingerprint density at radius 1 is 0.473 bits per heavy atom. The number of guanidine groups is 1. The van der Waals surface area contributed by atoms with Gasteiger partial charge in [-0.2, -0.15) is 0 Å². The van der Waals surface area contributed by atoms with Crippen LogP contribution in [0.1, 0.15) is 156 Å². The summed E-state index contributed by atoms with van der Waals surface area (Å²) >= 11 is 0. The van der Waals surface area contributed by atoms with Gasteiger partial charge in [-0.15, -0.1) is 0 Å². The number of carbonyl (C=O) groups excluding carboxylic acids is 14. The molecule has 704 valence electrons. The number of hydrogen-bond donors (Lipinski definition) is 23. The molecule has 3 heterocycles. The maximum atomic E-state index is 15.4. The zero-order valence-electron chi connectivity index (χ0n) is 74.3. The highest BCUT2D eigenvalue weighted by molar-refractivity contribution is 6.01. The molecule has 0 saturated carbocycles.